The molecule has 6 nitrogen and oxygen atoms in total. The average Bonchev–Trinajstić information content (AvgIpc) is 3.32. The molecule has 1 N–H and O–H groups in total. The molecule has 4 rings (SSSR count). The lowest BCUT2D eigenvalue weighted by Crippen LogP contribution is -2.35. The van der Waals surface area contributed by atoms with Gasteiger partial charge in [0.1, 0.15) is 6.26 Å². The van der Waals surface area contributed by atoms with Gasteiger partial charge in [0, 0.05) is 31.6 Å². The summed E-state index contributed by atoms with van der Waals surface area (Å²) in [5, 5.41) is 2.97. The van der Waals surface area contributed by atoms with E-state index in [4.69, 9.17) is 4.42 Å². The Bertz CT molecular complexity index is 1070. The maximum atomic E-state index is 12.6. The fourth-order valence-corrected chi connectivity index (χ4v) is 3.94. The van der Waals surface area contributed by atoms with Gasteiger partial charge in [-0.25, -0.2) is 4.98 Å². The van der Waals surface area contributed by atoms with Gasteiger partial charge in [-0.3, -0.25) is 9.59 Å². The van der Waals surface area contributed by atoms with Gasteiger partial charge < -0.3 is 14.6 Å². The van der Waals surface area contributed by atoms with E-state index in [-0.39, 0.29) is 11.8 Å². The minimum Gasteiger partial charge on any atom is -0.444 e. The van der Waals surface area contributed by atoms with Gasteiger partial charge >= 0.3 is 0 Å². The van der Waals surface area contributed by atoms with Gasteiger partial charge in [0.05, 0.1) is 0 Å². The van der Waals surface area contributed by atoms with Crippen molar-refractivity contribution >= 4 is 11.8 Å². The van der Waals surface area contributed by atoms with Gasteiger partial charge in [0.15, 0.2) is 5.69 Å². The maximum absolute atomic E-state index is 12.6. The number of amides is 2. The molecule has 1 fully saturated rings. The van der Waals surface area contributed by atoms with Crippen molar-refractivity contribution in [1.82, 2.24) is 15.2 Å². The van der Waals surface area contributed by atoms with Crippen LogP contribution in [0.5, 0.6) is 0 Å². The average molecular weight is 432 g/mol. The lowest BCUT2D eigenvalue weighted by atomic mass is 10.1. The predicted molar refractivity (Wildman–Crippen MR) is 123 cm³/mol. The Morgan fingerprint density at radius 1 is 1.03 bits per heavy atom. The van der Waals surface area contributed by atoms with Crippen molar-refractivity contribution in [3.8, 4) is 11.5 Å². The number of aryl methyl sites for hydroxylation is 2. The maximum Gasteiger partial charge on any atom is 0.275 e. The highest BCUT2D eigenvalue weighted by Gasteiger charge is 2.21. The highest BCUT2D eigenvalue weighted by atomic mass is 16.3. The Hall–Kier alpha value is -3.41. The van der Waals surface area contributed by atoms with Gasteiger partial charge in [-0.15, -0.1) is 0 Å². The number of carbonyl (C=O) groups excluding carboxylic acids is 2. The fourth-order valence-electron chi connectivity index (χ4n) is 3.94. The van der Waals surface area contributed by atoms with Crippen LogP contribution in [-0.2, 0) is 17.8 Å². The zero-order valence-electron chi connectivity index (χ0n) is 18.5. The number of rotatable bonds is 7. The summed E-state index contributed by atoms with van der Waals surface area (Å²) in [6.45, 7) is 4.09. The third-order valence-corrected chi connectivity index (χ3v) is 5.78. The lowest BCUT2D eigenvalue weighted by molar-refractivity contribution is -0.121. The summed E-state index contributed by atoms with van der Waals surface area (Å²) in [7, 11) is 0. The van der Waals surface area contributed by atoms with Gasteiger partial charge in [0.25, 0.3) is 5.91 Å². The van der Waals surface area contributed by atoms with Crippen LogP contribution in [0.15, 0.2) is 59.2 Å². The zero-order chi connectivity index (χ0) is 22.3. The van der Waals surface area contributed by atoms with Crippen molar-refractivity contribution in [3.63, 3.8) is 0 Å². The molecule has 2 aromatic carbocycles. The first-order valence-electron chi connectivity index (χ1n) is 11.2. The summed E-state index contributed by atoms with van der Waals surface area (Å²) in [5.41, 5.74) is 4.53. The molecule has 32 heavy (non-hydrogen) atoms. The number of nitrogens with zero attached hydrogens (tertiary/aromatic N) is 2. The van der Waals surface area contributed by atoms with E-state index in [1.807, 2.05) is 41.3 Å². The minimum atomic E-state index is -0.0651. The van der Waals surface area contributed by atoms with Crippen molar-refractivity contribution < 1.29 is 14.0 Å². The first-order valence-corrected chi connectivity index (χ1v) is 11.2. The molecule has 0 saturated carbocycles. The number of carbonyl (C=O) groups is 2. The summed E-state index contributed by atoms with van der Waals surface area (Å²) in [4.78, 5) is 31.0. The highest BCUT2D eigenvalue weighted by molar-refractivity contribution is 5.92. The molecule has 1 aromatic heterocycles. The number of aromatic nitrogens is 1. The molecule has 0 aliphatic carbocycles. The summed E-state index contributed by atoms with van der Waals surface area (Å²) < 4.78 is 5.55. The van der Waals surface area contributed by atoms with E-state index in [2.05, 4.69) is 29.4 Å². The molecule has 0 bridgehead atoms. The minimum absolute atomic E-state index is 0.0316. The van der Waals surface area contributed by atoms with Crippen LogP contribution in [0.4, 0.5) is 0 Å². The normalized spacial score (nSPS) is 13.7. The summed E-state index contributed by atoms with van der Waals surface area (Å²) in [5.74, 6) is 0.396. The Labute approximate surface area is 188 Å². The van der Waals surface area contributed by atoms with Crippen molar-refractivity contribution in [2.45, 2.75) is 45.6 Å². The quantitative estimate of drug-likeness (QED) is 0.597. The van der Waals surface area contributed by atoms with Crippen LogP contribution in [0.1, 0.15) is 52.9 Å². The molecule has 1 aliphatic rings. The van der Waals surface area contributed by atoms with Crippen molar-refractivity contribution in [2.24, 2.45) is 0 Å². The number of oxazole rings is 1. The molecular formula is C26H29N3O3. The van der Waals surface area contributed by atoms with E-state index in [1.54, 1.807) is 0 Å². The van der Waals surface area contributed by atoms with E-state index in [0.29, 0.717) is 24.6 Å². The van der Waals surface area contributed by atoms with E-state index in [9.17, 15) is 9.59 Å². The smallest absolute Gasteiger partial charge is 0.275 e. The van der Waals surface area contributed by atoms with Gasteiger partial charge in [-0.05, 0) is 55.9 Å². The number of nitrogens with one attached hydrogen (secondary N) is 1. The fraction of sp³-hybridized carbons (Fsp3) is 0.346. The number of benzene rings is 2. The molecule has 0 spiro atoms. The standard InChI is InChI=1S/C26H29N3O3/c1-19-6-5-7-20(16-19)10-13-24(30)27-17-21-8-11-22(12-9-21)25-28-23(18-32-25)26(31)29-14-3-2-4-15-29/h5-9,11-12,16,18H,2-4,10,13-15,17H2,1H3,(H,27,30). The second-order valence-electron chi connectivity index (χ2n) is 8.35. The van der Waals surface area contributed by atoms with Crippen molar-refractivity contribution in [3.05, 3.63) is 77.2 Å². The van der Waals surface area contributed by atoms with Crippen molar-refractivity contribution in [2.75, 3.05) is 13.1 Å². The van der Waals surface area contributed by atoms with Crippen LogP contribution in [0.25, 0.3) is 11.5 Å². The van der Waals surface area contributed by atoms with Crippen LogP contribution < -0.4 is 5.32 Å². The van der Waals surface area contributed by atoms with Crippen LogP contribution in [0, 0.1) is 6.92 Å². The molecule has 6 heteroatoms. The largest absolute Gasteiger partial charge is 0.444 e. The van der Waals surface area contributed by atoms with E-state index >= 15 is 0 Å². The van der Waals surface area contributed by atoms with Crippen LogP contribution >= 0.6 is 0 Å². The molecule has 0 atom stereocenters. The monoisotopic (exact) mass is 431 g/mol. The van der Waals surface area contributed by atoms with Crippen LogP contribution in [0.2, 0.25) is 0 Å². The van der Waals surface area contributed by atoms with Crippen molar-refractivity contribution in [1.29, 1.82) is 0 Å². The highest BCUT2D eigenvalue weighted by Crippen LogP contribution is 2.21. The third-order valence-electron chi connectivity index (χ3n) is 5.78. The van der Waals surface area contributed by atoms with Gasteiger partial charge in [-0.1, -0.05) is 42.0 Å². The lowest BCUT2D eigenvalue weighted by Gasteiger charge is -2.25. The summed E-state index contributed by atoms with van der Waals surface area (Å²) in [6.07, 6.45) is 5.89. The Kier molecular flexibility index (Phi) is 7.00. The topological polar surface area (TPSA) is 75.4 Å². The Balaban J connectivity index is 1.28. The number of piperidine rings is 1. The number of likely N-dealkylation sites (tertiary alicyclic amines) is 1. The number of hydrogen-bond donors (Lipinski definition) is 1. The first-order chi connectivity index (χ1) is 15.6. The molecule has 3 aromatic rings. The number of hydrogen-bond acceptors (Lipinski definition) is 4. The Morgan fingerprint density at radius 3 is 2.56 bits per heavy atom. The molecule has 0 unspecified atom stereocenters. The summed E-state index contributed by atoms with van der Waals surface area (Å²) >= 11 is 0. The molecule has 2 amide bonds. The second kappa shape index (κ2) is 10.3. The summed E-state index contributed by atoms with van der Waals surface area (Å²) in [6, 6.07) is 15.9. The van der Waals surface area contributed by atoms with Gasteiger partial charge in [0.2, 0.25) is 11.8 Å². The third kappa shape index (κ3) is 5.63. The molecule has 1 saturated heterocycles. The van der Waals surface area contributed by atoms with Crippen LogP contribution in [0.3, 0.4) is 0 Å². The zero-order valence-corrected chi connectivity index (χ0v) is 18.5. The molecule has 0 radical (unpaired) electrons. The van der Waals surface area contributed by atoms with E-state index in [0.717, 1.165) is 43.5 Å². The first kappa shape index (κ1) is 21.8. The van der Waals surface area contributed by atoms with E-state index in [1.165, 1.54) is 23.8 Å². The molecule has 2 heterocycles. The molecular weight excluding hydrogens is 402 g/mol. The SMILES string of the molecule is Cc1cccc(CCC(=O)NCc2ccc(-c3nc(C(=O)N4CCCCC4)co3)cc2)c1. The second-order valence-corrected chi connectivity index (χ2v) is 8.35. The molecule has 166 valence electrons. The van der Waals surface area contributed by atoms with E-state index < -0.39 is 0 Å². The predicted octanol–water partition coefficient (Wildman–Crippen LogP) is 4.53. The van der Waals surface area contributed by atoms with Crippen LogP contribution in [-0.4, -0.2) is 34.8 Å². The molecule has 1 aliphatic heterocycles. The van der Waals surface area contributed by atoms with Gasteiger partial charge in [-0.2, -0.15) is 0 Å². The Morgan fingerprint density at radius 2 is 1.81 bits per heavy atom.